The molecule has 0 saturated heterocycles. The van der Waals surface area contributed by atoms with Crippen molar-refractivity contribution in [3.05, 3.63) is 42.2 Å². The molecule has 1 aromatic heterocycles. The molecule has 7 heteroatoms. The maximum Gasteiger partial charge on any atom is 0.195 e. The Hall–Kier alpha value is -2.54. The Morgan fingerprint density at radius 2 is 2.19 bits per heavy atom. The second-order valence-electron chi connectivity index (χ2n) is 5.88. The van der Waals surface area contributed by atoms with E-state index in [1.165, 1.54) is 5.56 Å². The molecule has 1 heterocycles. The zero-order valence-corrected chi connectivity index (χ0v) is 15.9. The van der Waals surface area contributed by atoms with Gasteiger partial charge in [0.2, 0.25) is 0 Å². The second-order valence-corrected chi connectivity index (χ2v) is 5.88. The van der Waals surface area contributed by atoms with Gasteiger partial charge in [-0.25, -0.2) is 0 Å². The van der Waals surface area contributed by atoms with Crippen LogP contribution in [0.5, 0.6) is 5.75 Å². The molecule has 26 heavy (non-hydrogen) atoms. The lowest BCUT2D eigenvalue weighted by Gasteiger charge is -2.13. The summed E-state index contributed by atoms with van der Waals surface area (Å²) in [7, 11) is 3.61. The monoisotopic (exact) mass is 359 g/mol. The molecule has 0 aliphatic carbocycles. The molecule has 0 saturated carbocycles. The number of anilines is 1. The van der Waals surface area contributed by atoms with E-state index in [2.05, 4.69) is 20.7 Å². The number of benzene rings is 1. The molecule has 0 radical (unpaired) electrons. The molecule has 7 nitrogen and oxygen atoms in total. The number of aryl methyl sites for hydroxylation is 1. The largest absolute Gasteiger partial charge is 0.493 e. The Balaban J connectivity index is 1.90. The van der Waals surface area contributed by atoms with E-state index in [9.17, 15) is 0 Å². The Morgan fingerprint density at radius 1 is 1.31 bits per heavy atom. The van der Waals surface area contributed by atoms with Gasteiger partial charge in [-0.1, -0.05) is 6.07 Å². The zero-order chi connectivity index (χ0) is 18.6. The van der Waals surface area contributed by atoms with Crippen LogP contribution in [0, 0.1) is 0 Å². The molecule has 0 fully saturated rings. The summed E-state index contributed by atoms with van der Waals surface area (Å²) < 4.78 is 12.6. The summed E-state index contributed by atoms with van der Waals surface area (Å²) >= 11 is 0. The van der Waals surface area contributed by atoms with Crippen LogP contribution in [0.1, 0.15) is 18.9 Å². The molecule has 0 atom stereocenters. The highest BCUT2D eigenvalue weighted by Gasteiger charge is 2.02. The number of aliphatic imine (C=N–C) groups is 1. The normalized spacial score (nSPS) is 11.4. The molecule has 2 rings (SSSR count). The molecular weight excluding hydrogens is 330 g/mol. The van der Waals surface area contributed by atoms with Gasteiger partial charge in [-0.2, -0.15) is 5.10 Å². The Labute approximate surface area is 155 Å². The van der Waals surface area contributed by atoms with Crippen LogP contribution in [-0.4, -0.2) is 49.2 Å². The van der Waals surface area contributed by atoms with Crippen LogP contribution in [0.4, 0.5) is 5.69 Å². The van der Waals surface area contributed by atoms with Crippen LogP contribution in [0.25, 0.3) is 0 Å². The smallest absolute Gasteiger partial charge is 0.195 e. The van der Waals surface area contributed by atoms with E-state index in [1.807, 2.05) is 50.6 Å². The summed E-state index contributed by atoms with van der Waals surface area (Å²) in [5.74, 6) is 1.59. The van der Waals surface area contributed by atoms with Gasteiger partial charge in [-0.3, -0.25) is 9.67 Å². The van der Waals surface area contributed by atoms with Crippen molar-refractivity contribution in [1.82, 2.24) is 15.1 Å². The number of guanidine groups is 1. The number of rotatable bonds is 10. The first-order chi connectivity index (χ1) is 12.7. The molecule has 0 aliphatic rings. The molecular formula is C19H29N5O2. The van der Waals surface area contributed by atoms with Crippen molar-refractivity contribution in [2.75, 3.05) is 38.7 Å². The number of hydrogen-bond acceptors (Lipinski definition) is 4. The summed E-state index contributed by atoms with van der Waals surface area (Å²) in [6.07, 6.45) is 5.61. The molecule has 2 N–H and O–H groups in total. The van der Waals surface area contributed by atoms with Crippen molar-refractivity contribution in [3.8, 4) is 5.75 Å². The molecule has 142 valence electrons. The van der Waals surface area contributed by atoms with E-state index < -0.39 is 0 Å². The summed E-state index contributed by atoms with van der Waals surface area (Å²) in [4.78, 5) is 4.63. The molecule has 2 aromatic rings. The van der Waals surface area contributed by atoms with Gasteiger partial charge in [0.05, 0.1) is 12.8 Å². The van der Waals surface area contributed by atoms with Gasteiger partial charge in [0.25, 0.3) is 0 Å². The van der Waals surface area contributed by atoms with Gasteiger partial charge in [-0.05, 0) is 31.0 Å². The number of hydrogen-bond donors (Lipinski definition) is 2. The van der Waals surface area contributed by atoms with Crippen molar-refractivity contribution < 1.29 is 9.47 Å². The average Bonchev–Trinajstić information content (AvgIpc) is 3.04. The lowest BCUT2D eigenvalue weighted by atomic mass is 10.2. The molecule has 0 bridgehead atoms. The first kappa shape index (κ1) is 19.8. The van der Waals surface area contributed by atoms with Gasteiger partial charge in [0.1, 0.15) is 5.75 Å². The van der Waals surface area contributed by atoms with Crippen molar-refractivity contribution in [2.45, 2.75) is 19.8 Å². The van der Waals surface area contributed by atoms with Crippen LogP contribution in [0.2, 0.25) is 0 Å². The maximum atomic E-state index is 5.74. The molecule has 0 unspecified atom stereocenters. The maximum absolute atomic E-state index is 5.74. The Morgan fingerprint density at radius 3 is 2.92 bits per heavy atom. The van der Waals surface area contributed by atoms with Crippen LogP contribution in [-0.2, 0) is 18.2 Å². The van der Waals surface area contributed by atoms with E-state index in [-0.39, 0.29) is 0 Å². The average molecular weight is 359 g/mol. The lowest BCUT2D eigenvalue weighted by molar-refractivity contribution is 0.172. The van der Waals surface area contributed by atoms with Crippen LogP contribution in [0.3, 0.4) is 0 Å². The quantitative estimate of drug-likeness (QED) is 0.387. The van der Waals surface area contributed by atoms with Gasteiger partial charge in [-0.15, -0.1) is 0 Å². The molecule has 0 spiro atoms. The third-order valence-electron chi connectivity index (χ3n) is 3.63. The summed E-state index contributed by atoms with van der Waals surface area (Å²) in [6.45, 7) is 4.87. The summed E-state index contributed by atoms with van der Waals surface area (Å²) in [5.41, 5.74) is 2.12. The fraction of sp³-hybridized carbons (Fsp3) is 0.474. The number of nitrogens with one attached hydrogen (secondary N) is 2. The van der Waals surface area contributed by atoms with Crippen molar-refractivity contribution in [1.29, 1.82) is 0 Å². The highest BCUT2D eigenvalue weighted by molar-refractivity contribution is 5.93. The zero-order valence-electron chi connectivity index (χ0n) is 15.9. The minimum atomic E-state index is 0.635. The minimum absolute atomic E-state index is 0.635. The van der Waals surface area contributed by atoms with Gasteiger partial charge < -0.3 is 20.1 Å². The number of methoxy groups -OCH3 is 1. The summed E-state index contributed by atoms with van der Waals surface area (Å²) in [6, 6.07) is 7.88. The first-order valence-electron chi connectivity index (χ1n) is 8.96. The Bertz CT molecular complexity index is 684. The van der Waals surface area contributed by atoms with Gasteiger partial charge in [0.15, 0.2) is 5.96 Å². The van der Waals surface area contributed by atoms with E-state index in [0.717, 1.165) is 36.8 Å². The molecule has 1 aromatic carbocycles. The highest BCUT2D eigenvalue weighted by atomic mass is 16.5. The predicted octanol–water partition coefficient (Wildman–Crippen LogP) is 2.46. The predicted molar refractivity (Wildman–Crippen MR) is 105 cm³/mol. The van der Waals surface area contributed by atoms with Crippen LogP contribution in [0.15, 0.2) is 41.7 Å². The van der Waals surface area contributed by atoms with E-state index >= 15 is 0 Å². The lowest BCUT2D eigenvalue weighted by Crippen LogP contribution is -2.30. The SMILES string of the molecule is CCNC(=NCCc1cnn(C)c1)Nc1cccc(OCCCOC)c1. The van der Waals surface area contributed by atoms with Crippen LogP contribution < -0.4 is 15.4 Å². The number of nitrogens with zero attached hydrogens (tertiary/aromatic N) is 3. The first-order valence-corrected chi connectivity index (χ1v) is 8.96. The van der Waals surface area contributed by atoms with Crippen molar-refractivity contribution in [3.63, 3.8) is 0 Å². The fourth-order valence-electron chi connectivity index (χ4n) is 2.40. The number of ether oxygens (including phenoxy) is 2. The van der Waals surface area contributed by atoms with E-state index in [0.29, 0.717) is 19.8 Å². The van der Waals surface area contributed by atoms with Crippen molar-refractivity contribution in [2.24, 2.45) is 12.0 Å². The minimum Gasteiger partial charge on any atom is -0.493 e. The van der Waals surface area contributed by atoms with Gasteiger partial charge >= 0.3 is 0 Å². The number of aromatic nitrogens is 2. The third kappa shape index (κ3) is 7.14. The topological polar surface area (TPSA) is 72.7 Å². The fourth-order valence-corrected chi connectivity index (χ4v) is 2.40. The third-order valence-corrected chi connectivity index (χ3v) is 3.63. The van der Waals surface area contributed by atoms with Gasteiger partial charge in [0, 0.05) is 58.2 Å². The summed E-state index contributed by atoms with van der Waals surface area (Å²) in [5, 5.41) is 10.8. The highest BCUT2D eigenvalue weighted by Crippen LogP contribution is 2.17. The van der Waals surface area contributed by atoms with E-state index in [4.69, 9.17) is 9.47 Å². The van der Waals surface area contributed by atoms with Crippen LogP contribution >= 0.6 is 0 Å². The van der Waals surface area contributed by atoms with Crippen molar-refractivity contribution >= 4 is 11.6 Å². The second kappa shape index (κ2) is 11.1. The standard InChI is InChI=1S/C19H29N5O2/c1-4-20-19(21-10-9-16-14-22-24(2)15-16)23-17-7-5-8-18(13-17)26-12-6-11-25-3/h5,7-8,13-15H,4,6,9-12H2,1-3H3,(H2,20,21,23). The molecule has 0 amide bonds. The van der Waals surface area contributed by atoms with E-state index in [1.54, 1.807) is 11.8 Å². The Kier molecular flexibility index (Phi) is 8.48. The molecule has 0 aliphatic heterocycles.